The highest BCUT2D eigenvalue weighted by Gasteiger charge is 2.24. The predicted molar refractivity (Wildman–Crippen MR) is 96.3 cm³/mol. The van der Waals surface area contributed by atoms with E-state index in [1.54, 1.807) is 12.0 Å². The normalized spacial score (nSPS) is 13.7. The molecule has 0 spiro atoms. The van der Waals surface area contributed by atoms with Crippen LogP contribution in [0.25, 0.3) is 0 Å². The smallest absolute Gasteiger partial charge is 0.227 e. The lowest BCUT2D eigenvalue weighted by molar-refractivity contribution is -0.117. The molecule has 128 valence electrons. The second kappa shape index (κ2) is 6.81. The number of nitriles is 1. The van der Waals surface area contributed by atoms with Gasteiger partial charge in [0.2, 0.25) is 5.91 Å². The van der Waals surface area contributed by atoms with Gasteiger partial charge in [-0.2, -0.15) is 5.26 Å². The largest absolute Gasteiger partial charge is 0.494 e. The molecule has 1 aromatic heterocycles. The number of hydrogen-bond acceptors (Lipinski definition) is 5. The molecule has 1 saturated heterocycles. The lowest BCUT2D eigenvalue weighted by Crippen LogP contribution is -2.24. The van der Waals surface area contributed by atoms with E-state index < -0.39 is 0 Å². The Balaban J connectivity index is 1.95. The molecular weight excluding hydrogens is 316 g/mol. The number of anilines is 3. The van der Waals surface area contributed by atoms with Crippen molar-refractivity contribution in [2.45, 2.75) is 26.7 Å². The average molecular weight is 336 g/mol. The van der Waals surface area contributed by atoms with Crippen LogP contribution in [-0.2, 0) is 4.79 Å². The molecule has 2 aromatic rings. The summed E-state index contributed by atoms with van der Waals surface area (Å²) in [6.07, 6.45) is 1.44. The first kappa shape index (κ1) is 16.8. The maximum Gasteiger partial charge on any atom is 0.227 e. The van der Waals surface area contributed by atoms with Gasteiger partial charge in [-0.1, -0.05) is 0 Å². The molecular formula is C19H20N4O2. The van der Waals surface area contributed by atoms with E-state index >= 15 is 0 Å². The monoisotopic (exact) mass is 336 g/mol. The summed E-state index contributed by atoms with van der Waals surface area (Å²) in [5, 5.41) is 12.6. The van der Waals surface area contributed by atoms with E-state index in [0.29, 0.717) is 35.7 Å². The van der Waals surface area contributed by atoms with Crippen LogP contribution in [0.5, 0.6) is 5.75 Å². The Labute approximate surface area is 147 Å². The van der Waals surface area contributed by atoms with Gasteiger partial charge in [0.1, 0.15) is 11.8 Å². The Morgan fingerprint density at radius 3 is 2.76 bits per heavy atom. The molecule has 6 nitrogen and oxygen atoms in total. The molecule has 0 aliphatic carbocycles. The number of methoxy groups -OCH3 is 1. The second-order valence-corrected chi connectivity index (χ2v) is 6.04. The van der Waals surface area contributed by atoms with Gasteiger partial charge in [-0.15, -0.1) is 0 Å². The molecule has 0 unspecified atom stereocenters. The Hall–Kier alpha value is -3.07. The van der Waals surface area contributed by atoms with E-state index in [-0.39, 0.29) is 5.91 Å². The number of hydrogen-bond donors (Lipinski definition) is 1. The van der Waals surface area contributed by atoms with Crippen LogP contribution in [0.2, 0.25) is 0 Å². The van der Waals surface area contributed by atoms with Gasteiger partial charge in [0, 0.05) is 30.4 Å². The van der Waals surface area contributed by atoms with Crippen molar-refractivity contribution in [2.75, 3.05) is 23.9 Å². The van der Waals surface area contributed by atoms with Gasteiger partial charge in [-0.3, -0.25) is 9.78 Å². The van der Waals surface area contributed by atoms with E-state index in [2.05, 4.69) is 16.4 Å². The van der Waals surface area contributed by atoms with Crippen LogP contribution in [0.4, 0.5) is 17.1 Å². The van der Waals surface area contributed by atoms with Crippen molar-refractivity contribution >= 4 is 23.0 Å². The average Bonchev–Trinajstić information content (AvgIpc) is 3.00. The lowest BCUT2D eigenvalue weighted by Gasteiger charge is -2.20. The number of aryl methyl sites for hydroxylation is 2. The van der Waals surface area contributed by atoms with E-state index in [1.165, 1.54) is 0 Å². The summed E-state index contributed by atoms with van der Waals surface area (Å²) >= 11 is 0. The predicted octanol–water partition coefficient (Wildman–Crippen LogP) is 3.45. The number of benzene rings is 1. The summed E-state index contributed by atoms with van der Waals surface area (Å²) in [4.78, 5) is 18.1. The van der Waals surface area contributed by atoms with Crippen LogP contribution in [-0.4, -0.2) is 24.5 Å². The first-order chi connectivity index (χ1) is 12.0. The molecule has 1 fully saturated rings. The lowest BCUT2D eigenvalue weighted by atomic mass is 10.1. The molecule has 2 heterocycles. The minimum Gasteiger partial charge on any atom is -0.494 e. The molecule has 0 bridgehead atoms. The standard InChI is InChI=1S/C19H20N4O2/c1-12-9-16(15(11-20)13(2)21-12)22-14-6-7-17(18(10-14)25-3)23-8-4-5-19(23)24/h6-7,9-10H,4-5,8H2,1-3H3,(H,21,22). The van der Waals surface area contributed by atoms with Gasteiger partial charge in [-0.25, -0.2) is 0 Å². The Bertz CT molecular complexity index is 870. The summed E-state index contributed by atoms with van der Waals surface area (Å²) in [6.45, 7) is 4.42. The molecule has 1 aromatic carbocycles. The third-order valence-corrected chi connectivity index (χ3v) is 4.26. The number of pyridine rings is 1. The zero-order valence-electron chi connectivity index (χ0n) is 14.6. The Kier molecular flexibility index (Phi) is 4.57. The van der Waals surface area contributed by atoms with Crippen molar-refractivity contribution in [3.63, 3.8) is 0 Å². The highest BCUT2D eigenvalue weighted by Crippen LogP contribution is 2.35. The summed E-state index contributed by atoms with van der Waals surface area (Å²) in [7, 11) is 1.59. The highest BCUT2D eigenvalue weighted by atomic mass is 16.5. The summed E-state index contributed by atoms with van der Waals surface area (Å²) < 4.78 is 5.48. The van der Waals surface area contributed by atoms with Crippen LogP contribution >= 0.6 is 0 Å². The van der Waals surface area contributed by atoms with Crippen molar-refractivity contribution < 1.29 is 9.53 Å². The van der Waals surface area contributed by atoms with Gasteiger partial charge < -0.3 is 15.0 Å². The first-order valence-corrected chi connectivity index (χ1v) is 8.17. The summed E-state index contributed by atoms with van der Waals surface area (Å²) in [5.41, 5.74) is 4.32. The van der Waals surface area contributed by atoms with Crippen LogP contribution in [0, 0.1) is 25.2 Å². The molecule has 25 heavy (non-hydrogen) atoms. The molecule has 6 heteroatoms. The van der Waals surface area contributed by atoms with Gasteiger partial charge in [0.25, 0.3) is 0 Å². The van der Waals surface area contributed by atoms with Crippen molar-refractivity contribution in [3.05, 3.63) is 41.2 Å². The fraction of sp³-hybridized carbons (Fsp3) is 0.316. The quantitative estimate of drug-likeness (QED) is 0.925. The number of nitrogens with one attached hydrogen (secondary N) is 1. The molecule has 0 radical (unpaired) electrons. The third-order valence-electron chi connectivity index (χ3n) is 4.26. The number of amides is 1. The zero-order chi connectivity index (χ0) is 18.0. The molecule has 1 amide bonds. The number of nitrogens with zero attached hydrogens (tertiary/aromatic N) is 3. The van der Waals surface area contributed by atoms with Crippen molar-refractivity contribution in [1.82, 2.24) is 4.98 Å². The topological polar surface area (TPSA) is 78.2 Å². The number of carbonyl (C=O) groups excluding carboxylic acids is 1. The Morgan fingerprint density at radius 1 is 1.32 bits per heavy atom. The molecule has 1 aliphatic rings. The summed E-state index contributed by atoms with van der Waals surface area (Å²) in [6, 6.07) is 9.63. The first-order valence-electron chi connectivity index (χ1n) is 8.17. The van der Waals surface area contributed by atoms with Crippen LogP contribution in [0.15, 0.2) is 24.3 Å². The minimum atomic E-state index is 0.117. The maximum absolute atomic E-state index is 12.0. The van der Waals surface area contributed by atoms with E-state index in [0.717, 1.165) is 23.5 Å². The second-order valence-electron chi connectivity index (χ2n) is 6.04. The van der Waals surface area contributed by atoms with E-state index in [9.17, 15) is 10.1 Å². The minimum absolute atomic E-state index is 0.117. The van der Waals surface area contributed by atoms with Gasteiger partial charge in [0.05, 0.1) is 29.7 Å². The molecule has 1 N–H and O–H groups in total. The number of rotatable bonds is 4. The SMILES string of the molecule is COc1cc(Nc2cc(C)nc(C)c2C#N)ccc1N1CCCC1=O. The van der Waals surface area contributed by atoms with E-state index in [1.807, 2.05) is 38.1 Å². The molecule has 1 aliphatic heterocycles. The Morgan fingerprint density at radius 2 is 2.12 bits per heavy atom. The van der Waals surface area contributed by atoms with Crippen molar-refractivity contribution in [2.24, 2.45) is 0 Å². The molecule has 0 atom stereocenters. The van der Waals surface area contributed by atoms with Crippen molar-refractivity contribution in [3.8, 4) is 11.8 Å². The van der Waals surface area contributed by atoms with Crippen LogP contribution < -0.4 is 15.0 Å². The highest BCUT2D eigenvalue weighted by molar-refractivity contribution is 5.97. The van der Waals surface area contributed by atoms with Crippen LogP contribution in [0.1, 0.15) is 29.8 Å². The van der Waals surface area contributed by atoms with E-state index in [4.69, 9.17) is 4.74 Å². The fourth-order valence-corrected chi connectivity index (χ4v) is 3.11. The molecule has 3 rings (SSSR count). The van der Waals surface area contributed by atoms with Crippen LogP contribution in [0.3, 0.4) is 0 Å². The fourth-order valence-electron chi connectivity index (χ4n) is 3.11. The molecule has 0 saturated carbocycles. The van der Waals surface area contributed by atoms with Crippen molar-refractivity contribution in [1.29, 1.82) is 5.26 Å². The van der Waals surface area contributed by atoms with Gasteiger partial charge in [-0.05, 0) is 38.5 Å². The number of ether oxygens (including phenoxy) is 1. The zero-order valence-corrected chi connectivity index (χ0v) is 14.6. The van der Waals surface area contributed by atoms with Gasteiger partial charge >= 0.3 is 0 Å². The maximum atomic E-state index is 12.0. The van der Waals surface area contributed by atoms with Gasteiger partial charge in [0.15, 0.2) is 0 Å². The number of carbonyl (C=O) groups is 1. The summed E-state index contributed by atoms with van der Waals surface area (Å²) in [5.74, 6) is 0.743. The third kappa shape index (κ3) is 3.26. The number of aromatic nitrogens is 1.